The smallest absolute Gasteiger partial charge is 0.229 e. The number of amides is 1. The molecule has 108 valence electrons. The number of carbonyl (C=O) groups excluding carboxylic acids is 1. The number of hydrogen-bond donors (Lipinski definition) is 2. The van der Waals surface area contributed by atoms with E-state index in [2.05, 4.69) is 10.6 Å². The van der Waals surface area contributed by atoms with Crippen molar-refractivity contribution in [1.82, 2.24) is 5.32 Å². The average Bonchev–Trinajstić information content (AvgIpc) is 2.99. The van der Waals surface area contributed by atoms with Gasteiger partial charge in [-0.05, 0) is 25.5 Å². The zero-order valence-corrected chi connectivity index (χ0v) is 11.8. The van der Waals surface area contributed by atoms with Gasteiger partial charge in [-0.1, -0.05) is 18.2 Å². The summed E-state index contributed by atoms with van der Waals surface area (Å²) in [4.78, 5) is 12.3. The van der Waals surface area contributed by atoms with E-state index in [4.69, 9.17) is 9.47 Å². The first kappa shape index (κ1) is 13.4. The second kappa shape index (κ2) is 5.07. The lowest BCUT2D eigenvalue weighted by Crippen LogP contribution is -2.37. The quantitative estimate of drug-likeness (QED) is 0.877. The highest BCUT2D eigenvalue weighted by molar-refractivity contribution is 5.88. The normalized spacial score (nSPS) is 26.9. The maximum absolute atomic E-state index is 12.3. The zero-order valence-electron chi connectivity index (χ0n) is 11.8. The fourth-order valence-electron chi connectivity index (χ4n) is 2.72. The third kappa shape index (κ3) is 2.64. The van der Waals surface area contributed by atoms with E-state index in [1.54, 1.807) is 0 Å². The number of benzene rings is 1. The number of anilines is 1. The topological polar surface area (TPSA) is 59.6 Å². The van der Waals surface area contributed by atoms with Gasteiger partial charge in [-0.2, -0.15) is 0 Å². The molecular formula is C15H20N2O3. The van der Waals surface area contributed by atoms with Crippen molar-refractivity contribution in [2.45, 2.75) is 31.7 Å². The van der Waals surface area contributed by atoms with Gasteiger partial charge in [-0.15, -0.1) is 0 Å². The second-order valence-corrected chi connectivity index (χ2v) is 5.72. The Hall–Kier alpha value is -1.59. The Morgan fingerprint density at radius 1 is 1.45 bits per heavy atom. The monoisotopic (exact) mass is 276 g/mol. The van der Waals surface area contributed by atoms with Crippen molar-refractivity contribution in [1.29, 1.82) is 0 Å². The summed E-state index contributed by atoms with van der Waals surface area (Å²) in [5.74, 6) is -0.631. The molecule has 2 heterocycles. The van der Waals surface area contributed by atoms with Crippen LogP contribution in [0.3, 0.4) is 0 Å². The molecule has 1 fully saturated rings. The van der Waals surface area contributed by atoms with Crippen molar-refractivity contribution in [3.05, 3.63) is 29.8 Å². The van der Waals surface area contributed by atoms with Crippen LogP contribution in [0.5, 0.6) is 0 Å². The molecule has 2 aliphatic heterocycles. The number of hydrogen-bond acceptors (Lipinski definition) is 4. The molecule has 20 heavy (non-hydrogen) atoms. The summed E-state index contributed by atoms with van der Waals surface area (Å²) < 4.78 is 11.2. The minimum Gasteiger partial charge on any atom is -0.384 e. The van der Waals surface area contributed by atoms with Crippen LogP contribution in [0.4, 0.5) is 5.69 Å². The molecule has 5 nitrogen and oxygen atoms in total. The van der Waals surface area contributed by atoms with Crippen LogP contribution < -0.4 is 10.6 Å². The molecule has 1 saturated heterocycles. The molecule has 1 aromatic carbocycles. The third-order valence-electron chi connectivity index (χ3n) is 3.72. The van der Waals surface area contributed by atoms with E-state index in [0.717, 1.165) is 11.3 Å². The van der Waals surface area contributed by atoms with E-state index in [1.807, 2.05) is 38.1 Å². The van der Waals surface area contributed by atoms with E-state index in [0.29, 0.717) is 19.7 Å². The van der Waals surface area contributed by atoms with Crippen molar-refractivity contribution < 1.29 is 14.3 Å². The summed E-state index contributed by atoms with van der Waals surface area (Å²) >= 11 is 0. The van der Waals surface area contributed by atoms with E-state index in [9.17, 15) is 4.79 Å². The Balaban J connectivity index is 1.56. The minimum atomic E-state index is -0.545. The van der Waals surface area contributed by atoms with E-state index in [-0.39, 0.29) is 17.9 Å². The zero-order chi connectivity index (χ0) is 14.2. The van der Waals surface area contributed by atoms with Gasteiger partial charge in [0.1, 0.15) is 6.10 Å². The lowest BCUT2D eigenvalue weighted by atomic mass is 10.0. The fourth-order valence-corrected chi connectivity index (χ4v) is 2.72. The first-order valence-electron chi connectivity index (χ1n) is 6.97. The lowest BCUT2D eigenvalue weighted by molar-refractivity contribution is -0.139. The summed E-state index contributed by atoms with van der Waals surface area (Å²) in [7, 11) is 0. The second-order valence-electron chi connectivity index (χ2n) is 5.72. The molecule has 0 bridgehead atoms. The largest absolute Gasteiger partial charge is 0.384 e. The lowest BCUT2D eigenvalue weighted by Gasteiger charge is -2.18. The molecule has 2 aliphatic rings. The fraction of sp³-hybridized carbons (Fsp3) is 0.533. The first-order valence-corrected chi connectivity index (χ1v) is 6.97. The van der Waals surface area contributed by atoms with Crippen LogP contribution in [0.2, 0.25) is 0 Å². The number of fused-ring (bicyclic) bond motifs is 1. The standard InChI is InChI=1S/C15H20N2O3/c1-15(2)19-9-10(20-15)7-17-14(18)12-8-16-13-6-4-3-5-11(12)13/h3-6,10,12,16H,7-9H2,1-2H3,(H,17,18). The predicted octanol–water partition coefficient (Wildman–Crippen LogP) is 1.46. The molecule has 0 saturated carbocycles. The number of para-hydroxylation sites is 1. The average molecular weight is 276 g/mol. The number of carbonyl (C=O) groups is 1. The summed E-state index contributed by atoms with van der Waals surface area (Å²) in [5.41, 5.74) is 2.11. The van der Waals surface area contributed by atoms with Gasteiger partial charge in [0, 0.05) is 18.8 Å². The van der Waals surface area contributed by atoms with Gasteiger partial charge in [0.15, 0.2) is 5.79 Å². The number of ether oxygens (including phenoxy) is 2. The van der Waals surface area contributed by atoms with Gasteiger partial charge in [-0.3, -0.25) is 4.79 Å². The van der Waals surface area contributed by atoms with Crippen molar-refractivity contribution in [2.75, 3.05) is 25.0 Å². The number of rotatable bonds is 3. The minimum absolute atomic E-state index is 0.0377. The Morgan fingerprint density at radius 2 is 2.25 bits per heavy atom. The summed E-state index contributed by atoms with van der Waals surface area (Å²) in [6.45, 7) is 5.42. The van der Waals surface area contributed by atoms with Crippen LogP contribution >= 0.6 is 0 Å². The highest BCUT2D eigenvalue weighted by Gasteiger charge is 2.34. The van der Waals surface area contributed by atoms with Gasteiger partial charge < -0.3 is 20.1 Å². The first-order chi connectivity index (χ1) is 9.55. The van der Waals surface area contributed by atoms with Crippen LogP contribution in [-0.4, -0.2) is 37.5 Å². The van der Waals surface area contributed by atoms with Crippen molar-refractivity contribution in [2.24, 2.45) is 0 Å². The van der Waals surface area contributed by atoms with Crippen molar-refractivity contribution in [3.8, 4) is 0 Å². The Kier molecular flexibility index (Phi) is 3.40. The van der Waals surface area contributed by atoms with Gasteiger partial charge in [0.25, 0.3) is 0 Å². The molecule has 3 rings (SSSR count). The molecule has 0 aliphatic carbocycles. The van der Waals surface area contributed by atoms with Crippen molar-refractivity contribution in [3.63, 3.8) is 0 Å². The molecule has 1 aromatic rings. The van der Waals surface area contributed by atoms with Gasteiger partial charge >= 0.3 is 0 Å². The van der Waals surface area contributed by atoms with Crippen molar-refractivity contribution >= 4 is 11.6 Å². The molecule has 2 N–H and O–H groups in total. The molecule has 2 unspecified atom stereocenters. The van der Waals surface area contributed by atoms with Crippen LogP contribution in [-0.2, 0) is 14.3 Å². The SMILES string of the molecule is CC1(C)OCC(CNC(=O)C2CNc3ccccc32)O1. The molecule has 0 spiro atoms. The number of nitrogens with one attached hydrogen (secondary N) is 2. The third-order valence-corrected chi connectivity index (χ3v) is 3.72. The Morgan fingerprint density at radius 3 is 3.00 bits per heavy atom. The van der Waals surface area contributed by atoms with Crippen LogP contribution in [0.1, 0.15) is 25.3 Å². The van der Waals surface area contributed by atoms with E-state index < -0.39 is 5.79 Å². The molecule has 5 heteroatoms. The molecule has 0 radical (unpaired) electrons. The molecule has 1 amide bonds. The van der Waals surface area contributed by atoms with Crippen LogP contribution in [0, 0.1) is 0 Å². The predicted molar refractivity (Wildman–Crippen MR) is 75.6 cm³/mol. The summed E-state index contributed by atoms with van der Waals surface area (Å²) in [6.07, 6.45) is -0.0708. The highest BCUT2D eigenvalue weighted by atomic mass is 16.7. The maximum atomic E-state index is 12.3. The van der Waals surface area contributed by atoms with Gasteiger partial charge in [-0.25, -0.2) is 0 Å². The Labute approximate surface area is 118 Å². The van der Waals surface area contributed by atoms with Gasteiger partial charge in [0.05, 0.1) is 12.5 Å². The van der Waals surface area contributed by atoms with Crippen LogP contribution in [0.15, 0.2) is 24.3 Å². The van der Waals surface area contributed by atoms with E-state index >= 15 is 0 Å². The van der Waals surface area contributed by atoms with Crippen LogP contribution in [0.25, 0.3) is 0 Å². The summed E-state index contributed by atoms with van der Waals surface area (Å²) in [6, 6.07) is 7.93. The summed E-state index contributed by atoms with van der Waals surface area (Å²) in [5, 5.41) is 6.22. The molecule has 2 atom stereocenters. The van der Waals surface area contributed by atoms with Gasteiger partial charge in [0.2, 0.25) is 5.91 Å². The highest BCUT2D eigenvalue weighted by Crippen LogP contribution is 2.31. The Bertz CT molecular complexity index is 516. The maximum Gasteiger partial charge on any atom is 0.229 e. The molecular weight excluding hydrogens is 256 g/mol. The van der Waals surface area contributed by atoms with E-state index in [1.165, 1.54) is 0 Å². The molecule has 0 aromatic heterocycles.